The van der Waals surface area contributed by atoms with E-state index in [0.29, 0.717) is 5.92 Å². The average molecular weight is 336 g/mol. The lowest BCUT2D eigenvalue weighted by molar-refractivity contribution is 0.0777. The summed E-state index contributed by atoms with van der Waals surface area (Å²) >= 11 is 0. The van der Waals surface area contributed by atoms with Crippen LogP contribution in [-0.4, -0.2) is 42.3 Å². The summed E-state index contributed by atoms with van der Waals surface area (Å²) in [6.45, 7) is 8.42. The lowest BCUT2D eigenvalue weighted by atomic mass is 9.99. The molecule has 4 heterocycles. The van der Waals surface area contributed by atoms with Crippen LogP contribution in [0.1, 0.15) is 17.1 Å². The molecule has 6 heteroatoms. The minimum atomic E-state index is 0.669. The van der Waals surface area contributed by atoms with Gasteiger partial charge < -0.3 is 4.57 Å². The molecule has 130 valence electrons. The molecule has 3 aromatic rings. The zero-order valence-electron chi connectivity index (χ0n) is 15.1. The molecular weight excluding hydrogens is 312 g/mol. The van der Waals surface area contributed by atoms with Gasteiger partial charge in [-0.25, -0.2) is 4.98 Å². The molecule has 0 bridgehead atoms. The summed E-state index contributed by atoms with van der Waals surface area (Å²) in [5.41, 5.74) is 4.72. The summed E-state index contributed by atoms with van der Waals surface area (Å²) in [4.78, 5) is 11.2. The Labute approximate surface area is 148 Å². The maximum Gasteiger partial charge on any atom is 0.140 e. The predicted molar refractivity (Wildman–Crippen MR) is 96.9 cm³/mol. The van der Waals surface area contributed by atoms with Gasteiger partial charge in [-0.05, 0) is 32.0 Å². The number of aromatic nitrogens is 5. The Hall–Kier alpha value is -2.47. The standard InChI is InChI=1S/C19H24N6/c1-14-8-18(23(3)22-14)13-24-10-16(11-24)12-25-15(2)9-21-19(25)17-4-6-20-7-5-17/h4-9,16H,10-13H2,1-3H3. The summed E-state index contributed by atoms with van der Waals surface area (Å²) < 4.78 is 4.33. The average Bonchev–Trinajstić information content (AvgIpc) is 3.08. The van der Waals surface area contributed by atoms with Crippen molar-refractivity contribution in [2.45, 2.75) is 26.9 Å². The lowest BCUT2D eigenvalue weighted by Crippen LogP contribution is -2.48. The van der Waals surface area contributed by atoms with Crippen molar-refractivity contribution >= 4 is 0 Å². The van der Waals surface area contributed by atoms with Crippen LogP contribution < -0.4 is 0 Å². The van der Waals surface area contributed by atoms with Gasteiger partial charge in [0.15, 0.2) is 0 Å². The molecule has 0 spiro atoms. The molecule has 0 atom stereocenters. The maximum atomic E-state index is 4.61. The fourth-order valence-electron chi connectivity index (χ4n) is 3.64. The predicted octanol–water partition coefficient (Wildman–Crippen LogP) is 2.43. The van der Waals surface area contributed by atoms with Gasteiger partial charge in [0, 0.05) is 69.0 Å². The zero-order chi connectivity index (χ0) is 17.4. The first-order valence-electron chi connectivity index (χ1n) is 8.74. The molecule has 0 amide bonds. The first-order chi connectivity index (χ1) is 12.1. The highest BCUT2D eigenvalue weighted by Crippen LogP contribution is 2.25. The van der Waals surface area contributed by atoms with Crippen LogP contribution in [0, 0.1) is 19.8 Å². The molecule has 0 aromatic carbocycles. The second kappa shape index (κ2) is 6.44. The Bertz CT molecular complexity index is 857. The highest BCUT2D eigenvalue weighted by molar-refractivity contribution is 5.55. The van der Waals surface area contributed by atoms with Crippen LogP contribution in [-0.2, 0) is 20.1 Å². The van der Waals surface area contributed by atoms with E-state index in [-0.39, 0.29) is 0 Å². The molecule has 1 aliphatic rings. The van der Waals surface area contributed by atoms with Crippen LogP contribution in [0.4, 0.5) is 0 Å². The Balaban J connectivity index is 1.40. The molecule has 6 nitrogen and oxygen atoms in total. The number of nitrogens with zero attached hydrogens (tertiary/aromatic N) is 6. The molecule has 0 N–H and O–H groups in total. The summed E-state index contributed by atoms with van der Waals surface area (Å²) in [6.07, 6.45) is 5.61. The van der Waals surface area contributed by atoms with E-state index in [0.717, 1.165) is 43.3 Å². The normalized spacial score (nSPS) is 15.5. The van der Waals surface area contributed by atoms with Gasteiger partial charge >= 0.3 is 0 Å². The second-order valence-corrected chi connectivity index (χ2v) is 7.03. The van der Waals surface area contributed by atoms with E-state index >= 15 is 0 Å². The topological polar surface area (TPSA) is 51.8 Å². The monoisotopic (exact) mass is 336 g/mol. The molecule has 0 radical (unpaired) electrons. The van der Waals surface area contributed by atoms with Crippen molar-refractivity contribution in [2.75, 3.05) is 13.1 Å². The SMILES string of the molecule is Cc1cc(CN2CC(Cn3c(C)cnc3-c3ccncc3)C2)n(C)n1. The molecule has 0 unspecified atom stereocenters. The molecule has 3 aromatic heterocycles. The fourth-order valence-corrected chi connectivity index (χ4v) is 3.64. The van der Waals surface area contributed by atoms with E-state index in [1.165, 1.54) is 11.4 Å². The summed E-state index contributed by atoms with van der Waals surface area (Å²) in [7, 11) is 2.02. The molecule has 1 aliphatic heterocycles. The van der Waals surface area contributed by atoms with Crippen LogP contribution in [0.5, 0.6) is 0 Å². The largest absolute Gasteiger partial charge is 0.328 e. The first kappa shape index (κ1) is 16.0. The van der Waals surface area contributed by atoms with Gasteiger partial charge in [0.2, 0.25) is 0 Å². The van der Waals surface area contributed by atoms with Crippen LogP contribution in [0.2, 0.25) is 0 Å². The Morgan fingerprint density at radius 2 is 1.92 bits per heavy atom. The third-order valence-corrected chi connectivity index (χ3v) is 4.95. The van der Waals surface area contributed by atoms with Gasteiger partial charge in [-0.15, -0.1) is 0 Å². The highest BCUT2D eigenvalue weighted by atomic mass is 15.3. The van der Waals surface area contributed by atoms with Crippen molar-refractivity contribution in [1.82, 2.24) is 29.2 Å². The minimum Gasteiger partial charge on any atom is -0.328 e. The Morgan fingerprint density at radius 3 is 2.60 bits per heavy atom. The van der Waals surface area contributed by atoms with Gasteiger partial charge in [0.05, 0.1) is 11.4 Å². The summed E-state index contributed by atoms with van der Waals surface area (Å²) in [5, 5.41) is 4.43. The smallest absolute Gasteiger partial charge is 0.140 e. The number of hydrogen-bond donors (Lipinski definition) is 0. The van der Waals surface area contributed by atoms with E-state index in [4.69, 9.17) is 0 Å². The number of pyridine rings is 1. The van der Waals surface area contributed by atoms with Gasteiger partial charge in [0.25, 0.3) is 0 Å². The molecule has 25 heavy (non-hydrogen) atoms. The van der Waals surface area contributed by atoms with Gasteiger partial charge in [-0.1, -0.05) is 0 Å². The maximum absolute atomic E-state index is 4.61. The van der Waals surface area contributed by atoms with Crippen molar-refractivity contribution in [3.05, 3.63) is 53.9 Å². The minimum absolute atomic E-state index is 0.669. The van der Waals surface area contributed by atoms with E-state index in [9.17, 15) is 0 Å². The number of aryl methyl sites for hydroxylation is 3. The number of hydrogen-bond acceptors (Lipinski definition) is 4. The van der Waals surface area contributed by atoms with E-state index in [2.05, 4.69) is 37.5 Å². The van der Waals surface area contributed by atoms with Crippen molar-refractivity contribution in [3.63, 3.8) is 0 Å². The third kappa shape index (κ3) is 3.22. The summed E-state index contributed by atoms with van der Waals surface area (Å²) in [6, 6.07) is 6.22. The van der Waals surface area contributed by atoms with E-state index < -0.39 is 0 Å². The quantitative estimate of drug-likeness (QED) is 0.718. The zero-order valence-corrected chi connectivity index (χ0v) is 15.1. The molecule has 0 saturated carbocycles. The molecule has 1 fully saturated rings. The Morgan fingerprint density at radius 1 is 1.16 bits per heavy atom. The molecule has 0 aliphatic carbocycles. The van der Waals surface area contributed by atoms with Crippen molar-refractivity contribution in [1.29, 1.82) is 0 Å². The Kier molecular flexibility index (Phi) is 4.13. The first-order valence-corrected chi connectivity index (χ1v) is 8.74. The van der Waals surface area contributed by atoms with Crippen LogP contribution in [0.25, 0.3) is 11.4 Å². The second-order valence-electron chi connectivity index (χ2n) is 7.03. The number of imidazole rings is 1. The third-order valence-electron chi connectivity index (χ3n) is 4.95. The van der Waals surface area contributed by atoms with E-state index in [1.54, 1.807) is 0 Å². The van der Waals surface area contributed by atoms with Gasteiger partial charge in [-0.2, -0.15) is 5.10 Å². The molecular formula is C19H24N6. The van der Waals surface area contributed by atoms with Gasteiger partial charge in [-0.3, -0.25) is 14.6 Å². The van der Waals surface area contributed by atoms with Crippen molar-refractivity contribution in [2.24, 2.45) is 13.0 Å². The van der Waals surface area contributed by atoms with Crippen LogP contribution in [0.15, 0.2) is 36.8 Å². The van der Waals surface area contributed by atoms with Crippen LogP contribution >= 0.6 is 0 Å². The highest BCUT2D eigenvalue weighted by Gasteiger charge is 2.28. The van der Waals surface area contributed by atoms with E-state index in [1.807, 2.05) is 49.4 Å². The number of likely N-dealkylation sites (tertiary alicyclic amines) is 1. The molecule has 4 rings (SSSR count). The van der Waals surface area contributed by atoms with Crippen molar-refractivity contribution in [3.8, 4) is 11.4 Å². The lowest BCUT2D eigenvalue weighted by Gasteiger charge is -2.39. The molecule has 1 saturated heterocycles. The van der Waals surface area contributed by atoms with Gasteiger partial charge in [0.1, 0.15) is 5.82 Å². The van der Waals surface area contributed by atoms with Crippen molar-refractivity contribution < 1.29 is 0 Å². The summed E-state index contributed by atoms with van der Waals surface area (Å²) in [5.74, 6) is 1.71. The fraction of sp³-hybridized carbons (Fsp3) is 0.421. The van der Waals surface area contributed by atoms with Crippen LogP contribution in [0.3, 0.4) is 0 Å². The number of rotatable bonds is 5.